The Hall–Kier alpha value is -2.79. The third-order valence-electron chi connectivity index (χ3n) is 4.13. The van der Waals surface area contributed by atoms with Gasteiger partial charge in [0.25, 0.3) is 0 Å². The Bertz CT molecular complexity index is 742. The average Bonchev–Trinajstić information content (AvgIpc) is 2.66. The molecule has 0 saturated heterocycles. The quantitative estimate of drug-likeness (QED) is 0.740. The first-order valence-electron chi connectivity index (χ1n) is 8.44. The summed E-state index contributed by atoms with van der Waals surface area (Å²) < 4.78 is 10.5. The van der Waals surface area contributed by atoms with Gasteiger partial charge in [0.15, 0.2) is 0 Å². The topological polar surface area (TPSA) is 50.8 Å². The predicted octanol–water partition coefficient (Wildman–Crippen LogP) is 3.14. The lowest BCUT2D eigenvalue weighted by atomic mass is 10.1. The number of hydrogen-bond donors (Lipinski definition) is 1. The van der Waals surface area contributed by atoms with Crippen LogP contribution in [0, 0.1) is 0 Å². The summed E-state index contributed by atoms with van der Waals surface area (Å²) in [5.41, 5.74) is 1.95. The van der Waals surface area contributed by atoms with Gasteiger partial charge in [-0.2, -0.15) is 0 Å². The van der Waals surface area contributed by atoms with Crippen LogP contribution in [0.25, 0.3) is 6.08 Å². The summed E-state index contributed by atoms with van der Waals surface area (Å²) in [6, 6.07) is 15.7. The van der Waals surface area contributed by atoms with Crippen molar-refractivity contribution in [2.45, 2.75) is 6.04 Å². The van der Waals surface area contributed by atoms with Gasteiger partial charge in [-0.25, -0.2) is 0 Å². The molecular weight excluding hydrogens is 328 g/mol. The Kier molecular flexibility index (Phi) is 7.24. The Morgan fingerprint density at radius 2 is 1.85 bits per heavy atom. The molecule has 0 aliphatic carbocycles. The molecule has 2 aromatic carbocycles. The molecule has 0 bridgehead atoms. The molecule has 1 atom stereocenters. The van der Waals surface area contributed by atoms with Gasteiger partial charge in [-0.15, -0.1) is 0 Å². The number of nitrogens with one attached hydrogen (secondary N) is 1. The zero-order valence-electron chi connectivity index (χ0n) is 15.7. The number of amides is 1. The Morgan fingerprint density at radius 3 is 2.46 bits per heavy atom. The minimum atomic E-state index is -0.155. The highest BCUT2D eigenvalue weighted by Crippen LogP contribution is 2.25. The summed E-state index contributed by atoms with van der Waals surface area (Å²) in [5, 5.41) is 2.96. The Labute approximate surface area is 155 Å². The maximum Gasteiger partial charge on any atom is 0.244 e. The first kappa shape index (κ1) is 19.5. The standard InChI is InChI=1S/C21H26N2O3/c1-23(2)19(16-8-6-5-7-9-16)15-22-21(24)13-10-17-14-18(25-3)11-12-20(17)26-4/h5-14,19H,15H2,1-4H3,(H,22,24)/b13-10+. The molecule has 0 heterocycles. The number of carbonyl (C=O) groups excluding carboxylic acids is 1. The van der Waals surface area contributed by atoms with E-state index in [1.807, 2.05) is 50.5 Å². The van der Waals surface area contributed by atoms with E-state index < -0.39 is 0 Å². The number of ether oxygens (including phenoxy) is 2. The van der Waals surface area contributed by atoms with Crippen molar-refractivity contribution in [3.8, 4) is 11.5 Å². The van der Waals surface area contributed by atoms with Gasteiger partial charge >= 0.3 is 0 Å². The number of likely N-dealkylation sites (N-methyl/N-ethyl adjacent to an activating group) is 1. The van der Waals surface area contributed by atoms with Crippen molar-refractivity contribution < 1.29 is 14.3 Å². The first-order valence-corrected chi connectivity index (χ1v) is 8.44. The van der Waals surface area contributed by atoms with Gasteiger partial charge in [0.2, 0.25) is 5.91 Å². The molecule has 0 fully saturated rings. The Balaban J connectivity index is 2.03. The normalized spacial score (nSPS) is 12.2. The molecule has 1 N–H and O–H groups in total. The summed E-state index contributed by atoms with van der Waals surface area (Å²) in [6.45, 7) is 0.523. The molecule has 0 spiro atoms. The molecule has 0 aliphatic rings. The molecule has 0 aromatic heterocycles. The highest BCUT2D eigenvalue weighted by Gasteiger charge is 2.14. The van der Waals surface area contributed by atoms with Crippen LogP contribution in [0.2, 0.25) is 0 Å². The van der Waals surface area contributed by atoms with E-state index >= 15 is 0 Å². The fourth-order valence-corrected chi connectivity index (χ4v) is 2.67. The minimum absolute atomic E-state index is 0.111. The third kappa shape index (κ3) is 5.36. The number of hydrogen-bond acceptors (Lipinski definition) is 4. The van der Waals surface area contributed by atoms with Gasteiger partial charge in [-0.05, 0) is 43.9 Å². The van der Waals surface area contributed by atoms with Gasteiger partial charge < -0.3 is 19.7 Å². The first-order chi connectivity index (χ1) is 12.5. The summed E-state index contributed by atoms with van der Waals surface area (Å²) in [4.78, 5) is 14.3. The van der Waals surface area contributed by atoms with Crippen molar-refractivity contribution in [3.05, 3.63) is 65.7 Å². The van der Waals surface area contributed by atoms with E-state index in [-0.39, 0.29) is 11.9 Å². The molecule has 1 unspecified atom stereocenters. The zero-order valence-corrected chi connectivity index (χ0v) is 15.7. The highest BCUT2D eigenvalue weighted by atomic mass is 16.5. The molecule has 5 heteroatoms. The number of nitrogens with zero attached hydrogens (tertiary/aromatic N) is 1. The van der Waals surface area contributed by atoms with E-state index in [9.17, 15) is 4.79 Å². The fourth-order valence-electron chi connectivity index (χ4n) is 2.67. The number of carbonyl (C=O) groups is 1. The molecular formula is C21H26N2O3. The molecule has 26 heavy (non-hydrogen) atoms. The molecule has 2 rings (SSSR count). The maximum atomic E-state index is 12.2. The van der Waals surface area contributed by atoms with E-state index in [4.69, 9.17) is 9.47 Å². The SMILES string of the molecule is COc1ccc(OC)c(/C=C/C(=O)NCC(c2ccccc2)N(C)C)c1. The van der Waals surface area contributed by atoms with Gasteiger partial charge in [0.05, 0.1) is 20.3 Å². The lowest BCUT2D eigenvalue weighted by Gasteiger charge is -2.24. The summed E-state index contributed by atoms with van der Waals surface area (Å²) in [6.07, 6.45) is 3.23. The van der Waals surface area contributed by atoms with Crippen LogP contribution in [0.4, 0.5) is 0 Å². The van der Waals surface area contributed by atoms with Gasteiger partial charge in [-0.1, -0.05) is 30.3 Å². The second-order valence-electron chi connectivity index (χ2n) is 6.08. The van der Waals surface area contributed by atoms with Crippen molar-refractivity contribution in [1.29, 1.82) is 0 Å². The number of rotatable bonds is 8. The van der Waals surface area contributed by atoms with E-state index in [1.54, 1.807) is 20.3 Å². The molecule has 1 amide bonds. The summed E-state index contributed by atoms with van der Waals surface area (Å²) in [5.74, 6) is 1.24. The Morgan fingerprint density at radius 1 is 1.12 bits per heavy atom. The second-order valence-corrected chi connectivity index (χ2v) is 6.08. The van der Waals surface area contributed by atoms with Crippen molar-refractivity contribution >= 4 is 12.0 Å². The lowest BCUT2D eigenvalue weighted by Crippen LogP contribution is -2.33. The molecule has 0 aliphatic heterocycles. The van der Waals surface area contributed by atoms with Crippen molar-refractivity contribution in [2.75, 3.05) is 34.9 Å². The van der Waals surface area contributed by atoms with E-state index in [0.717, 1.165) is 11.1 Å². The molecule has 0 saturated carbocycles. The zero-order chi connectivity index (χ0) is 18.9. The molecule has 0 radical (unpaired) electrons. The average molecular weight is 354 g/mol. The van der Waals surface area contributed by atoms with Crippen molar-refractivity contribution in [3.63, 3.8) is 0 Å². The second kappa shape index (κ2) is 9.63. The van der Waals surface area contributed by atoms with Crippen molar-refractivity contribution in [1.82, 2.24) is 10.2 Å². The van der Waals surface area contributed by atoms with Crippen LogP contribution in [0.15, 0.2) is 54.6 Å². The highest BCUT2D eigenvalue weighted by molar-refractivity contribution is 5.92. The predicted molar refractivity (Wildman–Crippen MR) is 104 cm³/mol. The largest absolute Gasteiger partial charge is 0.497 e. The van der Waals surface area contributed by atoms with Gasteiger partial charge in [-0.3, -0.25) is 4.79 Å². The summed E-state index contributed by atoms with van der Waals surface area (Å²) >= 11 is 0. The minimum Gasteiger partial charge on any atom is -0.497 e. The summed E-state index contributed by atoms with van der Waals surface area (Å²) in [7, 11) is 7.20. The van der Waals surface area contributed by atoms with Gasteiger partial charge in [0, 0.05) is 18.2 Å². The van der Waals surface area contributed by atoms with E-state index in [1.165, 1.54) is 6.08 Å². The van der Waals surface area contributed by atoms with Crippen LogP contribution in [0.1, 0.15) is 17.2 Å². The van der Waals surface area contributed by atoms with Gasteiger partial charge in [0.1, 0.15) is 11.5 Å². The lowest BCUT2D eigenvalue weighted by molar-refractivity contribution is -0.116. The molecule has 138 valence electrons. The van der Waals surface area contributed by atoms with Crippen LogP contribution < -0.4 is 14.8 Å². The number of benzene rings is 2. The van der Waals surface area contributed by atoms with E-state index in [0.29, 0.717) is 18.0 Å². The van der Waals surface area contributed by atoms with Crippen LogP contribution in [0.3, 0.4) is 0 Å². The monoisotopic (exact) mass is 354 g/mol. The van der Waals surface area contributed by atoms with Crippen LogP contribution in [-0.4, -0.2) is 45.7 Å². The van der Waals surface area contributed by atoms with Crippen LogP contribution in [0.5, 0.6) is 11.5 Å². The molecule has 2 aromatic rings. The van der Waals surface area contributed by atoms with Crippen LogP contribution >= 0.6 is 0 Å². The fraction of sp³-hybridized carbons (Fsp3) is 0.286. The van der Waals surface area contributed by atoms with E-state index in [2.05, 4.69) is 22.3 Å². The maximum absolute atomic E-state index is 12.2. The van der Waals surface area contributed by atoms with Crippen LogP contribution in [-0.2, 0) is 4.79 Å². The van der Waals surface area contributed by atoms with Crippen molar-refractivity contribution in [2.24, 2.45) is 0 Å². The smallest absolute Gasteiger partial charge is 0.244 e. The third-order valence-corrected chi connectivity index (χ3v) is 4.13. The molecule has 5 nitrogen and oxygen atoms in total. The number of methoxy groups -OCH3 is 2.